The van der Waals surface area contributed by atoms with Gasteiger partial charge in [-0.15, -0.1) is 6.58 Å². The normalized spacial score (nSPS) is 9.89. The molecule has 0 aromatic carbocycles. The van der Waals surface area contributed by atoms with Crippen molar-refractivity contribution in [3.05, 3.63) is 36.7 Å². The Morgan fingerprint density at radius 3 is 3.06 bits per heavy atom. The van der Waals surface area contributed by atoms with Gasteiger partial charge in [0.2, 0.25) is 0 Å². The van der Waals surface area contributed by atoms with E-state index >= 15 is 0 Å². The first-order valence-corrected chi connectivity index (χ1v) is 6.25. The predicted molar refractivity (Wildman–Crippen MR) is 74.9 cm³/mol. The molecule has 0 aliphatic heterocycles. The van der Waals surface area contributed by atoms with Crippen molar-refractivity contribution in [1.82, 2.24) is 10.3 Å². The summed E-state index contributed by atoms with van der Waals surface area (Å²) in [5, 5.41) is 2.72. The van der Waals surface area contributed by atoms with E-state index in [1.165, 1.54) is 0 Å². The number of hydrogen-bond acceptors (Lipinski definition) is 3. The maximum absolute atomic E-state index is 11.8. The van der Waals surface area contributed by atoms with Gasteiger partial charge in [-0.25, -0.2) is 0 Å². The van der Waals surface area contributed by atoms with Crippen LogP contribution in [0.2, 0.25) is 0 Å². The minimum Gasteiger partial charge on any atom is -0.374 e. The van der Waals surface area contributed by atoms with Crippen molar-refractivity contribution < 1.29 is 4.79 Å². The summed E-state index contributed by atoms with van der Waals surface area (Å²) in [6, 6.07) is 3.73. The van der Waals surface area contributed by atoms with Crippen LogP contribution >= 0.6 is 0 Å². The van der Waals surface area contributed by atoms with Crippen LogP contribution in [-0.2, 0) is 0 Å². The van der Waals surface area contributed by atoms with E-state index in [0.717, 1.165) is 25.1 Å². The predicted octanol–water partition coefficient (Wildman–Crippen LogP) is 2.23. The summed E-state index contributed by atoms with van der Waals surface area (Å²) in [4.78, 5) is 18.0. The fourth-order valence-corrected chi connectivity index (χ4v) is 1.56. The van der Waals surface area contributed by atoms with Crippen molar-refractivity contribution in [2.24, 2.45) is 0 Å². The first-order chi connectivity index (χ1) is 8.69. The lowest BCUT2D eigenvalue weighted by Crippen LogP contribution is -2.25. The van der Waals surface area contributed by atoms with E-state index in [-0.39, 0.29) is 5.91 Å². The van der Waals surface area contributed by atoms with E-state index < -0.39 is 0 Å². The zero-order valence-corrected chi connectivity index (χ0v) is 11.1. The van der Waals surface area contributed by atoms with Crippen LogP contribution in [0.25, 0.3) is 0 Å². The fraction of sp³-hybridized carbons (Fsp3) is 0.429. The number of hydrogen-bond donors (Lipinski definition) is 1. The van der Waals surface area contributed by atoms with Gasteiger partial charge in [-0.1, -0.05) is 19.4 Å². The summed E-state index contributed by atoms with van der Waals surface area (Å²) >= 11 is 0. The SMILES string of the molecule is C=CCNC(=O)c1cc(N(C)CCCC)ccn1. The van der Waals surface area contributed by atoms with Crippen molar-refractivity contribution in [1.29, 1.82) is 0 Å². The fourth-order valence-electron chi connectivity index (χ4n) is 1.56. The van der Waals surface area contributed by atoms with Gasteiger partial charge in [-0.3, -0.25) is 9.78 Å². The van der Waals surface area contributed by atoms with E-state index in [1.807, 2.05) is 19.2 Å². The number of carbonyl (C=O) groups excluding carboxylic acids is 1. The number of aromatic nitrogens is 1. The summed E-state index contributed by atoms with van der Waals surface area (Å²) < 4.78 is 0. The van der Waals surface area contributed by atoms with Gasteiger partial charge in [0.15, 0.2) is 0 Å². The highest BCUT2D eigenvalue weighted by atomic mass is 16.1. The largest absolute Gasteiger partial charge is 0.374 e. The molecule has 0 radical (unpaired) electrons. The molecule has 98 valence electrons. The van der Waals surface area contributed by atoms with Crippen molar-refractivity contribution in [2.45, 2.75) is 19.8 Å². The maximum atomic E-state index is 11.8. The zero-order chi connectivity index (χ0) is 13.4. The number of pyridine rings is 1. The molecule has 0 fully saturated rings. The van der Waals surface area contributed by atoms with Crippen LogP contribution in [0, 0.1) is 0 Å². The molecule has 0 unspecified atom stereocenters. The Balaban J connectivity index is 2.72. The summed E-state index contributed by atoms with van der Waals surface area (Å²) in [7, 11) is 2.02. The lowest BCUT2D eigenvalue weighted by atomic mass is 10.2. The summed E-state index contributed by atoms with van der Waals surface area (Å²) in [5.41, 5.74) is 1.46. The minimum atomic E-state index is -0.166. The maximum Gasteiger partial charge on any atom is 0.270 e. The molecule has 0 saturated carbocycles. The van der Waals surface area contributed by atoms with Crippen LogP contribution in [0.3, 0.4) is 0 Å². The summed E-state index contributed by atoms with van der Waals surface area (Å²) in [5.74, 6) is -0.166. The van der Waals surface area contributed by atoms with Gasteiger partial charge in [-0.2, -0.15) is 0 Å². The Morgan fingerprint density at radius 2 is 2.39 bits per heavy atom. The standard InChI is InChI=1S/C14H21N3O/c1-4-6-10-17(3)12-7-9-15-13(11-12)14(18)16-8-5-2/h5,7,9,11H,2,4,6,8,10H2,1,3H3,(H,16,18). The second kappa shape index (κ2) is 7.48. The van der Waals surface area contributed by atoms with Crippen molar-refractivity contribution in [3.8, 4) is 0 Å². The Bertz CT molecular complexity index is 404. The smallest absolute Gasteiger partial charge is 0.270 e. The highest BCUT2D eigenvalue weighted by Crippen LogP contribution is 2.13. The molecule has 1 rings (SSSR count). The number of carbonyl (C=O) groups is 1. The number of amides is 1. The third-order valence-electron chi connectivity index (χ3n) is 2.67. The molecule has 4 heteroatoms. The molecule has 0 spiro atoms. The first-order valence-electron chi connectivity index (χ1n) is 6.25. The second-order valence-electron chi connectivity index (χ2n) is 4.17. The lowest BCUT2D eigenvalue weighted by molar-refractivity contribution is 0.0953. The van der Waals surface area contributed by atoms with Gasteiger partial charge in [0, 0.05) is 32.0 Å². The van der Waals surface area contributed by atoms with E-state index in [0.29, 0.717) is 12.2 Å². The molecule has 18 heavy (non-hydrogen) atoms. The molecule has 4 nitrogen and oxygen atoms in total. The molecule has 0 bridgehead atoms. The van der Waals surface area contributed by atoms with E-state index in [4.69, 9.17) is 0 Å². The highest BCUT2D eigenvalue weighted by Gasteiger charge is 2.08. The number of unbranched alkanes of at least 4 members (excludes halogenated alkanes) is 1. The van der Waals surface area contributed by atoms with E-state index in [1.54, 1.807) is 12.3 Å². The monoisotopic (exact) mass is 247 g/mol. The van der Waals surface area contributed by atoms with E-state index in [2.05, 4.69) is 28.7 Å². The van der Waals surface area contributed by atoms with Gasteiger partial charge in [0.1, 0.15) is 5.69 Å². The van der Waals surface area contributed by atoms with Gasteiger partial charge >= 0.3 is 0 Å². The Morgan fingerprint density at radius 1 is 1.61 bits per heavy atom. The van der Waals surface area contributed by atoms with Crippen molar-refractivity contribution >= 4 is 11.6 Å². The minimum absolute atomic E-state index is 0.166. The number of anilines is 1. The van der Waals surface area contributed by atoms with Crippen LogP contribution in [-0.4, -0.2) is 31.0 Å². The molecule has 1 aromatic heterocycles. The second-order valence-corrected chi connectivity index (χ2v) is 4.17. The molecule has 1 aromatic rings. The summed E-state index contributed by atoms with van der Waals surface area (Å²) in [6.45, 7) is 7.16. The van der Waals surface area contributed by atoms with Crippen LogP contribution in [0.5, 0.6) is 0 Å². The van der Waals surface area contributed by atoms with Crippen LogP contribution < -0.4 is 10.2 Å². The van der Waals surface area contributed by atoms with Gasteiger partial charge in [0.25, 0.3) is 5.91 Å². The lowest BCUT2D eigenvalue weighted by Gasteiger charge is -2.19. The molecule has 1 N–H and O–H groups in total. The zero-order valence-electron chi connectivity index (χ0n) is 11.1. The number of nitrogens with zero attached hydrogens (tertiary/aromatic N) is 2. The molecular weight excluding hydrogens is 226 g/mol. The average Bonchev–Trinajstić information content (AvgIpc) is 2.42. The Labute approximate surface area is 109 Å². The van der Waals surface area contributed by atoms with Crippen molar-refractivity contribution in [3.63, 3.8) is 0 Å². The number of rotatable bonds is 7. The Kier molecular flexibility index (Phi) is 5.91. The topological polar surface area (TPSA) is 45.2 Å². The van der Waals surface area contributed by atoms with Gasteiger partial charge in [-0.05, 0) is 18.6 Å². The average molecular weight is 247 g/mol. The summed E-state index contributed by atoms with van der Waals surface area (Å²) in [6.07, 6.45) is 5.61. The van der Waals surface area contributed by atoms with Crippen molar-refractivity contribution in [2.75, 3.05) is 25.0 Å². The van der Waals surface area contributed by atoms with Crippen LogP contribution in [0.15, 0.2) is 31.0 Å². The Hall–Kier alpha value is -1.84. The molecule has 0 saturated heterocycles. The van der Waals surface area contributed by atoms with Crippen LogP contribution in [0.1, 0.15) is 30.3 Å². The molecular formula is C14H21N3O. The van der Waals surface area contributed by atoms with E-state index in [9.17, 15) is 4.79 Å². The molecule has 0 aliphatic carbocycles. The first kappa shape index (κ1) is 14.2. The van der Waals surface area contributed by atoms with Gasteiger partial charge in [0.05, 0.1) is 0 Å². The molecule has 1 heterocycles. The third kappa shape index (κ3) is 4.20. The third-order valence-corrected chi connectivity index (χ3v) is 2.67. The molecule has 1 amide bonds. The number of nitrogens with one attached hydrogen (secondary N) is 1. The quantitative estimate of drug-likeness (QED) is 0.752. The molecule has 0 atom stereocenters. The molecule has 0 aliphatic rings. The van der Waals surface area contributed by atoms with Crippen LogP contribution in [0.4, 0.5) is 5.69 Å². The highest BCUT2D eigenvalue weighted by molar-refractivity contribution is 5.93. The van der Waals surface area contributed by atoms with Gasteiger partial charge < -0.3 is 10.2 Å².